The van der Waals surface area contributed by atoms with Crippen LogP contribution in [0.3, 0.4) is 0 Å². The van der Waals surface area contributed by atoms with Gasteiger partial charge in [0, 0.05) is 5.30 Å². The highest BCUT2D eigenvalue weighted by molar-refractivity contribution is 7.44. The van der Waals surface area contributed by atoms with Gasteiger partial charge >= 0.3 is 0 Å². The van der Waals surface area contributed by atoms with Crippen molar-refractivity contribution in [3.63, 3.8) is 0 Å². The summed E-state index contributed by atoms with van der Waals surface area (Å²) in [5.74, 6) is 0. The van der Waals surface area contributed by atoms with Crippen LogP contribution in [0.15, 0.2) is 48.5 Å². The summed E-state index contributed by atoms with van der Waals surface area (Å²) in [6.07, 6.45) is 0. The maximum absolute atomic E-state index is 2.41. The van der Waals surface area contributed by atoms with Gasteiger partial charge in [0.2, 0.25) is 0 Å². The van der Waals surface area contributed by atoms with Gasteiger partial charge in [0.15, 0.2) is 0 Å². The van der Waals surface area contributed by atoms with Crippen molar-refractivity contribution in [2.45, 2.75) is 19.6 Å². The van der Waals surface area contributed by atoms with Gasteiger partial charge in [-0.05, 0) is 16.5 Å². The second-order valence-electron chi connectivity index (χ2n) is 5.02. The van der Waals surface area contributed by atoms with Gasteiger partial charge in [0.1, 0.15) is 0 Å². The van der Waals surface area contributed by atoms with Crippen molar-refractivity contribution in [3.8, 4) is 10.9 Å². The Kier molecular flexibility index (Phi) is 3.27. The molecule has 2 aromatic rings. The van der Waals surface area contributed by atoms with Crippen molar-refractivity contribution < 1.29 is 0 Å². The summed E-state index contributed by atoms with van der Waals surface area (Å²) >= 11 is 0. The van der Waals surface area contributed by atoms with Crippen LogP contribution in [-0.2, 0) is 0 Å². The molecular formula is C14H17PSi. The zero-order chi connectivity index (χ0) is 11.6. The summed E-state index contributed by atoms with van der Waals surface area (Å²) < 4.78 is 0. The van der Waals surface area contributed by atoms with Crippen molar-refractivity contribution in [1.29, 1.82) is 0 Å². The van der Waals surface area contributed by atoms with E-state index in [9.17, 15) is 0 Å². The van der Waals surface area contributed by atoms with Gasteiger partial charge in [-0.25, -0.2) is 0 Å². The normalized spacial score (nSPS) is 11.9. The summed E-state index contributed by atoms with van der Waals surface area (Å²) in [4.78, 5) is 1.62. The first-order valence-corrected chi connectivity index (χ1v) is 10.00. The SMILES string of the molecule is C[Si](C)(C)c1cccc(-c2ccccc2)p1. The standard InChI is InChI=1S/C14H17PSi/c1-16(2,3)14-11-7-10-13(15-14)12-8-5-4-6-9-12/h4-11H,1-3H3. The van der Waals surface area contributed by atoms with Crippen LogP contribution < -0.4 is 4.92 Å². The Balaban J connectivity index is 2.45. The number of hydrogen-bond donors (Lipinski definition) is 0. The highest BCUT2D eigenvalue weighted by Gasteiger charge is 2.17. The molecule has 2 heteroatoms. The largest absolute Gasteiger partial charge is 0.0835 e. The minimum absolute atomic E-state index is 1.15. The highest BCUT2D eigenvalue weighted by Crippen LogP contribution is 2.27. The fourth-order valence-electron chi connectivity index (χ4n) is 1.62. The Bertz CT molecular complexity index is 472. The van der Waals surface area contributed by atoms with Crippen LogP contribution in [-0.4, -0.2) is 8.07 Å². The van der Waals surface area contributed by atoms with Crippen molar-refractivity contribution >= 4 is 21.2 Å². The van der Waals surface area contributed by atoms with Crippen LogP contribution in [0.2, 0.25) is 19.6 Å². The molecule has 0 aliphatic heterocycles. The molecule has 0 unspecified atom stereocenters. The third-order valence-electron chi connectivity index (χ3n) is 2.59. The summed E-state index contributed by atoms with van der Waals surface area (Å²) in [7, 11) is 0.250. The maximum Gasteiger partial charge on any atom is 0.0835 e. The second-order valence-corrected chi connectivity index (χ2v) is 11.7. The van der Waals surface area contributed by atoms with Gasteiger partial charge in [-0.3, -0.25) is 0 Å². The van der Waals surface area contributed by atoms with E-state index in [1.54, 1.807) is 4.92 Å². The first-order chi connectivity index (χ1) is 7.57. The molecule has 0 aliphatic carbocycles. The lowest BCUT2D eigenvalue weighted by atomic mass is 10.2. The highest BCUT2D eigenvalue weighted by atomic mass is 31.0. The first kappa shape index (κ1) is 11.6. The second kappa shape index (κ2) is 4.53. The van der Waals surface area contributed by atoms with E-state index in [1.165, 1.54) is 19.1 Å². The number of benzene rings is 1. The third-order valence-corrected chi connectivity index (χ3v) is 7.68. The molecule has 0 spiro atoms. The lowest BCUT2D eigenvalue weighted by Crippen LogP contribution is -2.35. The summed E-state index contributed by atoms with van der Waals surface area (Å²) in [5, 5.41) is 1.43. The van der Waals surface area contributed by atoms with E-state index in [0.717, 1.165) is 0 Å². The summed E-state index contributed by atoms with van der Waals surface area (Å²) in [6, 6.07) is 17.4. The molecule has 0 nitrogen and oxygen atoms in total. The van der Waals surface area contributed by atoms with Crippen molar-refractivity contribution in [3.05, 3.63) is 48.5 Å². The number of rotatable bonds is 2. The Morgan fingerprint density at radius 1 is 0.812 bits per heavy atom. The molecule has 0 radical (unpaired) electrons. The molecule has 82 valence electrons. The lowest BCUT2D eigenvalue weighted by molar-refractivity contribution is 1.69. The average Bonchev–Trinajstić information content (AvgIpc) is 2.29. The van der Waals surface area contributed by atoms with E-state index in [4.69, 9.17) is 0 Å². The minimum atomic E-state index is -1.15. The molecule has 0 N–H and O–H groups in total. The molecule has 0 saturated heterocycles. The third kappa shape index (κ3) is 2.61. The Hall–Kier alpha value is -0.913. The van der Waals surface area contributed by atoms with Gasteiger partial charge in [0.25, 0.3) is 0 Å². The Labute approximate surface area is 100 Å². The smallest absolute Gasteiger partial charge is 0.0688 e. The van der Waals surface area contributed by atoms with Gasteiger partial charge in [0.05, 0.1) is 8.07 Å². The topological polar surface area (TPSA) is 0 Å². The predicted molar refractivity (Wildman–Crippen MR) is 77.4 cm³/mol. The molecule has 1 heterocycles. The van der Waals surface area contributed by atoms with Crippen LogP contribution in [0.1, 0.15) is 0 Å². The molecular weight excluding hydrogens is 227 g/mol. The molecule has 0 saturated carbocycles. The molecule has 0 fully saturated rings. The van der Waals surface area contributed by atoms with Gasteiger partial charge < -0.3 is 0 Å². The fourth-order valence-corrected chi connectivity index (χ4v) is 4.78. The Morgan fingerprint density at radius 3 is 2.12 bits per heavy atom. The van der Waals surface area contributed by atoms with Gasteiger partial charge in [-0.1, -0.05) is 70.3 Å². The molecule has 16 heavy (non-hydrogen) atoms. The predicted octanol–water partition coefficient (Wildman–Crippen LogP) is 4.48. The number of hydrogen-bond acceptors (Lipinski definition) is 0. The molecule has 0 atom stereocenters. The molecule has 2 rings (SSSR count). The molecule has 1 aromatic heterocycles. The van der Waals surface area contributed by atoms with Crippen molar-refractivity contribution in [2.24, 2.45) is 0 Å². The quantitative estimate of drug-likeness (QED) is 0.683. The van der Waals surface area contributed by atoms with Gasteiger partial charge in [-0.15, -0.1) is 0 Å². The van der Waals surface area contributed by atoms with Crippen LogP contribution in [0.4, 0.5) is 0 Å². The summed E-state index contributed by atoms with van der Waals surface area (Å²) in [5.41, 5.74) is 1.35. The van der Waals surface area contributed by atoms with Crippen molar-refractivity contribution in [1.82, 2.24) is 0 Å². The zero-order valence-electron chi connectivity index (χ0n) is 10.1. The van der Waals surface area contributed by atoms with Crippen LogP contribution in [0, 0.1) is 0 Å². The molecule has 1 aromatic carbocycles. The molecule has 0 amide bonds. The fraction of sp³-hybridized carbons (Fsp3) is 0.214. The van der Waals surface area contributed by atoms with E-state index < -0.39 is 8.07 Å². The zero-order valence-corrected chi connectivity index (χ0v) is 12.0. The van der Waals surface area contributed by atoms with Crippen molar-refractivity contribution in [2.75, 3.05) is 0 Å². The average molecular weight is 244 g/mol. The van der Waals surface area contributed by atoms with Crippen LogP contribution in [0.25, 0.3) is 10.9 Å². The van der Waals surface area contributed by atoms with E-state index in [1.807, 2.05) is 0 Å². The summed E-state index contributed by atoms with van der Waals surface area (Å²) in [6.45, 7) is 7.23. The maximum atomic E-state index is 2.41. The van der Waals surface area contributed by atoms with E-state index in [-0.39, 0.29) is 0 Å². The van der Waals surface area contributed by atoms with Crippen LogP contribution >= 0.6 is 8.19 Å². The Morgan fingerprint density at radius 2 is 1.50 bits per heavy atom. The van der Waals surface area contributed by atoms with E-state index >= 15 is 0 Å². The monoisotopic (exact) mass is 244 g/mol. The van der Waals surface area contributed by atoms with E-state index in [0.29, 0.717) is 0 Å². The molecule has 0 bridgehead atoms. The first-order valence-electron chi connectivity index (χ1n) is 5.60. The minimum Gasteiger partial charge on any atom is -0.0688 e. The van der Waals surface area contributed by atoms with Crippen LogP contribution in [0.5, 0.6) is 0 Å². The van der Waals surface area contributed by atoms with E-state index in [2.05, 4.69) is 68.2 Å². The molecule has 0 aliphatic rings. The lowest BCUT2D eigenvalue weighted by Gasteiger charge is -2.16. The van der Waals surface area contributed by atoms with Gasteiger partial charge in [-0.2, -0.15) is 0 Å².